The van der Waals surface area contributed by atoms with Crippen LogP contribution in [0.2, 0.25) is 0 Å². The maximum atomic E-state index is 11.7. The molecule has 3 heteroatoms. The third-order valence-corrected chi connectivity index (χ3v) is 4.33. The summed E-state index contributed by atoms with van der Waals surface area (Å²) < 4.78 is 0. The van der Waals surface area contributed by atoms with E-state index in [1.165, 1.54) is 32.1 Å². The Hall–Kier alpha value is -0.570. The molecule has 2 fully saturated rings. The Labute approximate surface area is 105 Å². The predicted octanol–water partition coefficient (Wildman–Crippen LogP) is 2.34. The van der Waals surface area contributed by atoms with Crippen molar-refractivity contribution in [3.63, 3.8) is 0 Å². The second-order valence-electron chi connectivity index (χ2n) is 5.88. The monoisotopic (exact) mass is 238 g/mol. The Morgan fingerprint density at radius 3 is 2.59 bits per heavy atom. The van der Waals surface area contributed by atoms with Gasteiger partial charge in [-0.15, -0.1) is 0 Å². The van der Waals surface area contributed by atoms with Gasteiger partial charge in [0.05, 0.1) is 0 Å². The number of nitrogens with one attached hydrogen (secondary N) is 1. The Morgan fingerprint density at radius 1 is 1.18 bits per heavy atom. The largest absolute Gasteiger partial charge is 0.353 e. The van der Waals surface area contributed by atoms with E-state index in [9.17, 15) is 4.79 Å². The van der Waals surface area contributed by atoms with Crippen LogP contribution in [-0.2, 0) is 4.79 Å². The van der Waals surface area contributed by atoms with E-state index < -0.39 is 0 Å². The molecule has 0 aromatic rings. The molecule has 2 unspecified atom stereocenters. The molecular weight excluding hydrogens is 212 g/mol. The molecule has 0 aromatic heterocycles. The minimum Gasteiger partial charge on any atom is -0.353 e. The van der Waals surface area contributed by atoms with Crippen molar-refractivity contribution in [1.29, 1.82) is 0 Å². The van der Waals surface area contributed by atoms with E-state index in [4.69, 9.17) is 5.73 Å². The van der Waals surface area contributed by atoms with Gasteiger partial charge in [-0.05, 0) is 38.0 Å². The Bertz CT molecular complexity index is 249. The molecule has 2 aliphatic rings. The summed E-state index contributed by atoms with van der Waals surface area (Å²) in [5, 5.41) is 3.12. The lowest BCUT2D eigenvalue weighted by molar-refractivity contribution is -0.121. The fraction of sp³-hybridized carbons (Fsp3) is 0.929. The van der Waals surface area contributed by atoms with Crippen molar-refractivity contribution >= 4 is 5.91 Å². The number of hydrogen-bond donors (Lipinski definition) is 2. The molecule has 0 saturated heterocycles. The van der Waals surface area contributed by atoms with Gasteiger partial charge in [-0.25, -0.2) is 0 Å². The lowest BCUT2D eigenvalue weighted by Crippen LogP contribution is -2.33. The van der Waals surface area contributed by atoms with E-state index in [-0.39, 0.29) is 5.91 Å². The van der Waals surface area contributed by atoms with Crippen molar-refractivity contribution in [2.24, 2.45) is 11.7 Å². The maximum Gasteiger partial charge on any atom is 0.220 e. The zero-order valence-corrected chi connectivity index (χ0v) is 10.8. The van der Waals surface area contributed by atoms with E-state index in [1.54, 1.807) is 0 Å². The topological polar surface area (TPSA) is 55.1 Å². The first-order valence-corrected chi connectivity index (χ1v) is 7.29. The Kier molecular flexibility index (Phi) is 4.84. The van der Waals surface area contributed by atoms with Crippen molar-refractivity contribution in [2.75, 3.05) is 0 Å². The first kappa shape index (κ1) is 12.9. The summed E-state index contributed by atoms with van der Waals surface area (Å²) >= 11 is 0. The molecule has 17 heavy (non-hydrogen) atoms. The highest BCUT2D eigenvalue weighted by molar-refractivity contribution is 5.76. The van der Waals surface area contributed by atoms with Gasteiger partial charge in [-0.2, -0.15) is 0 Å². The van der Waals surface area contributed by atoms with Crippen molar-refractivity contribution in [3.8, 4) is 0 Å². The van der Waals surface area contributed by atoms with Crippen LogP contribution in [0.5, 0.6) is 0 Å². The summed E-state index contributed by atoms with van der Waals surface area (Å²) in [4.78, 5) is 11.7. The number of carbonyl (C=O) groups excluding carboxylic acids is 1. The number of nitrogens with two attached hydrogens (primary N) is 1. The number of amides is 1. The minimum atomic E-state index is 0.238. The third-order valence-electron chi connectivity index (χ3n) is 4.33. The summed E-state index contributed by atoms with van der Waals surface area (Å²) in [6.45, 7) is 0. The van der Waals surface area contributed by atoms with E-state index >= 15 is 0 Å². The molecule has 2 aliphatic carbocycles. The van der Waals surface area contributed by atoms with Gasteiger partial charge in [-0.1, -0.05) is 25.7 Å². The molecule has 98 valence electrons. The van der Waals surface area contributed by atoms with Crippen LogP contribution in [-0.4, -0.2) is 18.0 Å². The first-order valence-electron chi connectivity index (χ1n) is 7.29. The van der Waals surface area contributed by atoms with Gasteiger partial charge in [0.15, 0.2) is 0 Å². The highest BCUT2D eigenvalue weighted by Crippen LogP contribution is 2.28. The molecule has 0 bridgehead atoms. The highest BCUT2D eigenvalue weighted by Gasteiger charge is 2.23. The van der Waals surface area contributed by atoms with E-state index in [1.807, 2.05) is 0 Å². The third kappa shape index (κ3) is 4.30. The molecule has 0 spiro atoms. The van der Waals surface area contributed by atoms with Gasteiger partial charge in [-0.3, -0.25) is 4.79 Å². The van der Waals surface area contributed by atoms with Crippen LogP contribution in [0.3, 0.4) is 0 Å². The lowest BCUT2D eigenvalue weighted by Gasteiger charge is -2.13. The molecule has 0 heterocycles. The molecule has 0 radical (unpaired) electrons. The standard InChI is InChI=1S/C14H26N2O/c15-12-8-9-13(10-12)16-14(17)7-3-6-11-4-1-2-5-11/h11-13H,1-10,15H2,(H,16,17). The number of hydrogen-bond acceptors (Lipinski definition) is 2. The summed E-state index contributed by atoms with van der Waals surface area (Å²) in [7, 11) is 0. The van der Waals surface area contributed by atoms with Crippen molar-refractivity contribution < 1.29 is 4.79 Å². The van der Waals surface area contributed by atoms with Crippen LogP contribution in [0.1, 0.15) is 64.2 Å². The minimum absolute atomic E-state index is 0.238. The highest BCUT2D eigenvalue weighted by atomic mass is 16.1. The predicted molar refractivity (Wildman–Crippen MR) is 69.6 cm³/mol. The normalized spacial score (nSPS) is 29.7. The molecule has 3 N–H and O–H groups in total. The Balaban J connectivity index is 1.54. The van der Waals surface area contributed by atoms with Crippen LogP contribution in [0.4, 0.5) is 0 Å². The quantitative estimate of drug-likeness (QED) is 0.772. The van der Waals surface area contributed by atoms with Crippen LogP contribution >= 0.6 is 0 Å². The first-order chi connectivity index (χ1) is 8.24. The number of rotatable bonds is 5. The van der Waals surface area contributed by atoms with Gasteiger partial charge >= 0.3 is 0 Å². The van der Waals surface area contributed by atoms with E-state index in [0.717, 1.165) is 31.6 Å². The summed E-state index contributed by atoms with van der Waals surface area (Å²) in [6, 6.07) is 0.655. The fourth-order valence-electron chi connectivity index (χ4n) is 3.30. The number of carbonyl (C=O) groups is 1. The van der Waals surface area contributed by atoms with Gasteiger partial charge in [0, 0.05) is 18.5 Å². The second-order valence-corrected chi connectivity index (χ2v) is 5.88. The smallest absolute Gasteiger partial charge is 0.220 e. The van der Waals surface area contributed by atoms with Gasteiger partial charge < -0.3 is 11.1 Å². The molecule has 0 aromatic carbocycles. The second kappa shape index (κ2) is 6.39. The van der Waals surface area contributed by atoms with Crippen LogP contribution in [0, 0.1) is 5.92 Å². The fourth-order valence-corrected chi connectivity index (χ4v) is 3.30. The van der Waals surface area contributed by atoms with Crippen LogP contribution in [0.25, 0.3) is 0 Å². The average molecular weight is 238 g/mol. The van der Waals surface area contributed by atoms with Gasteiger partial charge in [0.2, 0.25) is 5.91 Å². The van der Waals surface area contributed by atoms with Crippen molar-refractivity contribution in [2.45, 2.75) is 76.3 Å². The zero-order valence-electron chi connectivity index (χ0n) is 10.8. The van der Waals surface area contributed by atoms with Crippen molar-refractivity contribution in [3.05, 3.63) is 0 Å². The SMILES string of the molecule is NC1CCC(NC(=O)CCCC2CCCC2)C1. The van der Waals surface area contributed by atoms with Crippen LogP contribution in [0.15, 0.2) is 0 Å². The summed E-state index contributed by atoms with van der Waals surface area (Å²) in [5.74, 6) is 1.14. The molecule has 2 atom stereocenters. The molecule has 3 nitrogen and oxygen atoms in total. The van der Waals surface area contributed by atoms with E-state index in [0.29, 0.717) is 18.5 Å². The molecular formula is C14H26N2O. The summed E-state index contributed by atoms with van der Waals surface area (Å²) in [5.41, 5.74) is 5.83. The Morgan fingerprint density at radius 2 is 1.94 bits per heavy atom. The van der Waals surface area contributed by atoms with Crippen molar-refractivity contribution in [1.82, 2.24) is 5.32 Å². The molecule has 2 saturated carbocycles. The average Bonchev–Trinajstić information content (AvgIpc) is 2.90. The molecule has 2 rings (SSSR count). The summed E-state index contributed by atoms with van der Waals surface area (Å²) in [6.07, 6.45) is 11.7. The van der Waals surface area contributed by atoms with Crippen LogP contribution < -0.4 is 11.1 Å². The lowest BCUT2D eigenvalue weighted by atomic mass is 10.0. The van der Waals surface area contributed by atoms with Gasteiger partial charge in [0.1, 0.15) is 0 Å². The zero-order chi connectivity index (χ0) is 12.1. The van der Waals surface area contributed by atoms with Gasteiger partial charge in [0.25, 0.3) is 0 Å². The molecule has 0 aliphatic heterocycles. The molecule has 1 amide bonds. The van der Waals surface area contributed by atoms with E-state index in [2.05, 4.69) is 5.32 Å². The maximum absolute atomic E-state index is 11.7.